The van der Waals surface area contributed by atoms with Crippen LogP contribution in [0.5, 0.6) is 5.75 Å². The summed E-state index contributed by atoms with van der Waals surface area (Å²) in [6.07, 6.45) is 3.38. The van der Waals surface area contributed by atoms with Crippen LogP contribution in [-0.4, -0.2) is 25.2 Å². The van der Waals surface area contributed by atoms with Gasteiger partial charge < -0.3 is 15.8 Å². The predicted octanol–water partition coefficient (Wildman–Crippen LogP) is 1.84. The van der Waals surface area contributed by atoms with E-state index < -0.39 is 0 Å². The molecule has 2 rings (SSSR count). The number of ether oxygens (including phenoxy) is 1. The van der Waals surface area contributed by atoms with Crippen molar-refractivity contribution in [3.05, 3.63) is 29.8 Å². The summed E-state index contributed by atoms with van der Waals surface area (Å²) in [4.78, 5) is 0. The molecule has 3 heteroatoms. The molecule has 1 aliphatic rings. The first-order valence-corrected chi connectivity index (χ1v) is 6.39. The molecule has 1 aliphatic heterocycles. The van der Waals surface area contributed by atoms with Crippen molar-refractivity contribution in [3.63, 3.8) is 0 Å². The van der Waals surface area contributed by atoms with E-state index in [4.69, 9.17) is 10.5 Å². The van der Waals surface area contributed by atoms with Gasteiger partial charge in [0, 0.05) is 18.5 Å². The van der Waals surface area contributed by atoms with Gasteiger partial charge in [-0.15, -0.1) is 0 Å². The number of aryl methyl sites for hydroxylation is 1. The SMILES string of the molecule is Cc1ccccc1OCCC1(CN)CCCN1. The second kappa shape index (κ2) is 5.52. The summed E-state index contributed by atoms with van der Waals surface area (Å²) in [7, 11) is 0. The highest BCUT2D eigenvalue weighted by Gasteiger charge is 2.31. The van der Waals surface area contributed by atoms with E-state index in [0.29, 0.717) is 6.54 Å². The Kier molecular flexibility index (Phi) is 4.02. The van der Waals surface area contributed by atoms with Crippen molar-refractivity contribution in [1.29, 1.82) is 0 Å². The molecule has 1 fully saturated rings. The number of rotatable bonds is 5. The zero-order valence-corrected chi connectivity index (χ0v) is 10.5. The van der Waals surface area contributed by atoms with Crippen LogP contribution < -0.4 is 15.8 Å². The van der Waals surface area contributed by atoms with E-state index in [-0.39, 0.29) is 5.54 Å². The maximum absolute atomic E-state index is 5.86. The molecule has 0 spiro atoms. The lowest BCUT2D eigenvalue weighted by Crippen LogP contribution is -2.47. The first-order chi connectivity index (χ1) is 8.26. The van der Waals surface area contributed by atoms with E-state index in [1.54, 1.807) is 0 Å². The Bertz CT molecular complexity index is 359. The van der Waals surface area contributed by atoms with Crippen LogP contribution >= 0.6 is 0 Å². The Morgan fingerprint density at radius 3 is 2.88 bits per heavy atom. The number of para-hydroxylation sites is 1. The maximum Gasteiger partial charge on any atom is 0.122 e. The van der Waals surface area contributed by atoms with Gasteiger partial charge in [0.2, 0.25) is 0 Å². The molecule has 1 aromatic carbocycles. The van der Waals surface area contributed by atoms with Crippen LogP contribution in [0.4, 0.5) is 0 Å². The molecule has 17 heavy (non-hydrogen) atoms. The van der Waals surface area contributed by atoms with Crippen LogP contribution in [0.2, 0.25) is 0 Å². The van der Waals surface area contributed by atoms with Gasteiger partial charge in [-0.05, 0) is 37.9 Å². The van der Waals surface area contributed by atoms with Crippen molar-refractivity contribution >= 4 is 0 Å². The molecule has 1 saturated heterocycles. The van der Waals surface area contributed by atoms with Crippen LogP contribution in [0.15, 0.2) is 24.3 Å². The second-order valence-electron chi connectivity index (χ2n) is 4.88. The largest absolute Gasteiger partial charge is 0.493 e. The van der Waals surface area contributed by atoms with Crippen molar-refractivity contribution in [2.75, 3.05) is 19.7 Å². The standard InChI is InChI=1S/C14H22N2O/c1-12-5-2-3-6-13(12)17-10-8-14(11-15)7-4-9-16-14/h2-3,5-6,16H,4,7-11,15H2,1H3. The second-order valence-corrected chi connectivity index (χ2v) is 4.88. The van der Waals surface area contributed by atoms with Crippen molar-refractivity contribution in [1.82, 2.24) is 5.32 Å². The summed E-state index contributed by atoms with van der Waals surface area (Å²) in [6, 6.07) is 8.13. The highest BCUT2D eigenvalue weighted by atomic mass is 16.5. The Morgan fingerprint density at radius 2 is 2.24 bits per heavy atom. The highest BCUT2D eigenvalue weighted by Crippen LogP contribution is 2.23. The average Bonchev–Trinajstić information content (AvgIpc) is 2.81. The van der Waals surface area contributed by atoms with Gasteiger partial charge in [0.1, 0.15) is 5.75 Å². The van der Waals surface area contributed by atoms with E-state index in [9.17, 15) is 0 Å². The predicted molar refractivity (Wildman–Crippen MR) is 70.3 cm³/mol. The molecule has 1 heterocycles. The van der Waals surface area contributed by atoms with Gasteiger partial charge in [0.15, 0.2) is 0 Å². The summed E-state index contributed by atoms with van der Waals surface area (Å²) in [5.74, 6) is 0.984. The lowest BCUT2D eigenvalue weighted by atomic mass is 9.94. The number of hydrogen-bond acceptors (Lipinski definition) is 3. The molecule has 94 valence electrons. The van der Waals surface area contributed by atoms with Gasteiger partial charge in [-0.1, -0.05) is 18.2 Å². The third-order valence-electron chi connectivity index (χ3n) is 3.65. The first-order valence-electron chi connectivity index (χ1n) is 6.39. The molecule has 0 amide bonds. The molecule has 1 unspecified atom stereocenters. The minimum absolute atomic E-state index is 0.114. The Hall–Kier alpha value is -1.06. The maximum atomic E-state index is 5.86. The zero-order chi connectivity index (χ0) is 12.1. The van der Waals surface area contributed by atoms with E-state index in [0.717, 1.165) is 25.3 Å². The molecule has 1 aromatic rings. The van der Waals surface area contributed by atoms with Gasteiger partial charge in [0.05, 0.1) is 6.61 Å². The summed E-state index contributed by atoms with van der Waals surface area (Å²) >= 11 is 0. The molecule has 3 nitrogen and oxygen atoms in total. The van der Waals surface area contributed by atoms with Gasteiger partial charge in [0.25, 0.3) is 0 Å². The van der Waals surface area contributed by atoms with Gasteiger partial charge in [-0.25, -0.2) is 0 Å². The van der Waals surface area contributed by atoms with Crippen molar-refractivity contribution < 1.29 is 4.74 Å². The Morgan fingerprint density at radius 1 is 1.41 bits per heavy atom. The summed E-state index contributed by atoms with van der Waals surface area (Å²) in [6.45, 7) is 4.59. The van der Waals surface area contributed by atoms with E-state index in [2.05, 4.69) is 18.3 Å². The molecular formula is C14H22N2O. The van der Waals surface area contributed by atoms with Gasteiger partial charge in [-0.2, -0.15) is 0 Å². The van der Waals surface area contributed by atoms with Crippen LogP contribution in [0.3, 0.4) is 0 Å². The minimum atomic E-state index is 0.114. The van der Waals surface area contributed by atoms with Gasteiger partial charge >= 0.3 is 0 Å². The number of hydrogen-bond donors (Lipinski definition) is 2. The minimum Gasteiger partial charge on any atom is -0.493 e. The van der Waals surface area contributed by atoms with E-state index in [1.807, 2.05) is 18.2 Å². The quantitative estimate of drug-likeness (QED) is 0.817. The van der Waals surface area contributed by atoms with E-state index >= 15 is 0 Å². The van der Waals surface area contributed by atoms with Crippen molar-refractivity contribution in [2.45, 2.75) is 31.7 Å². The monoisotopic (exact) mass is 234 g/mol. The molecule has 0 radical (unpaired) electrons. The average molecular weight is 234 g/mol. The Labute approximate surface area is 103 Å². The zero-order valence-electron chi connectivity index (χ0n) is 10.5. The Balaban J connectivity index is 1.85. The van der Waals surface area contributed by atoms with E-state index in [1.165, 1.54) is 18.4 Å². The molecule has 0 aromatic heterocycles. The smallest absolute Gasteiger partial charge is 0.122 e. The number of nitrogens with one attached hydrogen (secondary N) is 1. The summed E-state index contributed by atoms with van der Waals surface area (Å²) in [5.41, 5.74) is 7.16. The summed E-state index contributed by atoms with van der Waals surface area (Å²) in [5, 5.41) is 3.52. The lowest BCUT2D eigenvalue weighted by molar-refractivity contribution is 0.243. The third-order valence-corrected chi connectivity index (χ3v) is 3.65. The number of nitrogens with two attached hydrogens (primary N) is 1. The molecule has 1 atom stereocenters. The third kappa shape index (κ3) is 2.99. The molecular weight excluding hydrogens is 212 g/mol. The lowest BCUT2D eigenvalue weighted by Gasteiger charge is -2.27. The fourth-order valence-corrected chi connectivity index (χ4v) is 2.43. The molecule has 0 aliphatic carbocycles. The fraction of sp³-hybridized carbons (Fsp3) is 0.571. The van der Waals surface area contributed by atoms with Crippen molar-refractivity contribution in [3.8, 4) is 5.75 Å². The highest BCUT2D eigenvalue weighted by molar-refractivity contribution is 5.31. The first kappa shape index (κ1) is 12.4. The topological polar surface area (TPSA) is 47.3 Å². The number of benzene rings is 1. The normalized spacial score (nSPS) is 23.9. The van der Waals surface area contributed by atoms with Crippen molar-refractivity contribution in [2.24, 2.45) is 5.73 Å². The van der Waals surface area contributed by atoms with Crippen LogP contribution in [0.1, 0.15) is 24.8 Å². The fourth-order valence-electron chi connectivity index (χ4n) is 2.43. The summed E-state index contributed by atoms with van der Waals surface area (Å²) < 4.78 is 5.83. The van der Waals surface area contributed by atoms with Crippen LogP contribution in [0.25, 0.3) is 0 Å². The van der Waals surface area contributed by atoms with Crippen LogP contribution in [0, 0.1) is 6.92 Å². The van der Waals surface area contributed by atoms with Gasteiger partial charge in [-0.3, -0.25) is 0 Å². The molecule has 0 saturated carbocycles. The van der Waals surface area contributed by atoms with Crippen LogP contribution in [-0.2, 0) is 0 Å². The molecule has 3 N–H and O–H groups in total. The molecule has 0 bridgehead atoms.